The number of ketones is 1. The van der Waals surface area contributed by atoms with Gasteiger partial charge in [0.1, 0.15) is 30.2 Å². The topological polar surface area (TPSA) is 150 Å². The maximum atomic E-state index is 15.8. The highest BCUT2D eigenvalue weighted by Crippen LogP contribution is 2.73. The molecule has 356 valence electrons. The second-order valence-corrected chi connectivity index (χ2v) is 23.1. The van der Waals surface area contributed by atoms with Crippen molar-refractivity contribution in [2.24, 2.45) is 23.7 Å². The standard InChI is InChI=1S/C24H23FO6.C18H24OSi.C10H11FO5/c1-14(26)29-17-13-23(21-18(17)24(21,25)22(27)28-2)30-19(15-9-5-3-6-10-15)20(31-23)16-11-7-4-8-12-16;1-15(16-11-7-5-8-12-16)18(19-20(2,3)4)17-13-9-6-10-14-17;1-4(12)16-6-3-5(13)7-8(6)10(7,11)9(14)15-2/h3-12,17-21H,13H2,1-2H3;5-15,18H,1-4H3;6-8H,3H2,1-2H3/t17-,18+,19+,20+,21+,24+;15-,18+;6-,7-,8+,10-/m101/s1. The molecule has 0 aromatic heterocycles. The Kier molecular flexibility index (Phi) is 14.4. The SMILES string of the molecule is COC(=O)[C@]1(F)[C@@H]2[C@H]1C(=O)C[C@H]2OC(C)=O.COC(=O)[C@]1(F)[C@H]2[C@H](OC(C)=O)CC3(O[C@@H](c4ccccc4)[C@H](c4ccccc4)O3)[C@H]21.C[C@@H](c1ccccc1)[C@@H](O[Si](C)(C)C)c1ccccc1. The predicted molar refractivity (Wildman–Crippen MR) is 243 cm³/mol. The second-order valence-electron chi connectivity index (χ2n) is 18.7. The second kappa shape index (κ2) is 19.5. The van der Waals surface area contributed by atoms with Gasteiger partial charge in [0.2, 0.25) is 11.3 Å². The molecule has 0 bridgehead atoms. The lowest BCUT2D eigenvalue weighted by Crippen LogP contribution is -2.42. The summed E-state index contributed by atoms with van der Waals surface area (Å²) in [6.45, 7) is 11.4. The quantitative estimate of drug-likeness (QED) is 0.0802. The van der Waals surface area contributed by atoms with Crippen LogP contribution < -0.4 is 0 Å². The highest BCUT2D eigenvalue weighted by Gasteiger charge is 2.88. The maximum absolute atomic E-state index is 15.8. The number of hydrogen-bond acceptors (Lipinski definition) is 12. The Morgan fingerprint density at radius 2 is 1.07 bits per heavy atom. The van der Waals surface area contributed by atoms with E-state index in [4.69, 9.17) is 28.1 Å². The van der Waals surface area contributed by atoms with Crippen LogP contribution in [0.25, 0.3) is 0 Å². The van der Waals surface area contributed by atoms with Crippen LogP contribution in [0.1, 0.15) is 80.1 Å². The van der Waals surface area contributed by atoms with E-state index < -0.39 is 97.4 Å². The molecule has 0 unspecified atom stereocenters. The smallest absolute Gasteiger partial charge is 0.344 e. The first-order valence-corrected chi connectivity index (χ1v) is 25.9. The number of benzene rings is 4. The number of halogens is 2. The monoisotopic (exact) mass is 940 g/mol. The van der Waals surface area contributed by atoms with E-state index in [-0.39, 0.29) is 24.7 Å². The van der Waals surface area contributed by atoms with Crippen molar-refractivity contribution in [2.45, 2.75) is 107 Å². The van der Waals surface area contributed by atoms with Gasteiger partial charge in [0.25, 0.3) is 0 Å². The van der Waals surface area contributed by atoms with Crippen molar-refractivity contribution in [1.29, 1.82) is 0 Å². The van der Waals surface area contributed by atoms with Crippen molar-refractivity contribution in [3.63, 3.8) is 0 Å². The van der Waals surface area contributed by atoms with Gasteiger partial charge < -0.3 is 32.8 Å². The van der Waals surface area contributed by atoms with Gasteiger partial charge in [0.15, 0.2) is 14.1 Å². The zero-order chi connectivity index (χ0) is 48.5. The Labute approximate surface area is 390 Å². The van der Waals surface area contributed by atoms with Crippen LogP contribution in [0.4, 0.5) is 8.78 Å². The average molecular weight is 941 g/mol. The van der Waals surface area contributed by atoms with Gasteiger partial charge in [-0.3, -0.25) is 14.4 Å². The first-order chi connectivity index (χ1) is 31.8. The van der Waals surface area contributed by atoms with E-state index in [2.05, 4.69) is 92.0 Å². The number of ether oxygens (including phenoxy) is 6. The third kappa shape index (κ3) is 9.87. The molecule has 4 aromatic rings. The van der Waals surface area contributed by atoms with Crippen molar-refractivity contribution in [3.8, 4) is 0 Å². The van der Waals surface area contributed by atoms with Crippen LogP contribution >= 0.6 is 0 Å². The highest BCUT2D eigenvalue weighted by atomic mass is 28.4. The van der Waals surface area contributed by atoms with Crippen molar-refractivity contribution in [2.75, 3.05) is 14.2 Å². The van der Waals surface area contributed by atoms with E-state index in [1.807, 2.05) is 60.7 Å². The van der Waals surface area contributed by atoms with Gasteiger partial charge in [-0.15, -0.1) is 0 Å². The number of carbonyl (C=O) groups is 5. The summed E-state index contributed by atoms with van der Waals surface area (Å²) < 4.78 is 68.5. The van der Waals surface area contributed by atoms with Crippen molar-refractivity contribution in [3.05, 3.63) is 144 Å². The number of carbonyl (C=O) groups excluding carboxylic acids is 5. The fourth-order valence-corrected chi connectivity index (χ4v) is 11.4. The van der Waals surface area contributed by atoms with Crippen LogP contribution in [-0.2, 0) is 56.8 Å². The number of fused-ring (bicyclic) bond motifs is 3. The molecule has 5 fully saturated rings. The summed E-state index contributed by atoms with van der Waals surface area (Å²) in [5, 5.41) is 0. The summed E-state index contributed by atoms with van der Waals surface area (Å²) in [6, 6.07) is 40.3. The molecular formula is C52H58F2O12Si. The van der Waals surface area contributed by atoms with Crippen molar-refractivity contribution < 1.29 is 65.6 Å². The number of esters is 4. The van der Waals surface area contributed by atoms with E-state index in [1.165, 1.54) is 25.0 Å². The van der Waals surface area contributed by atoms with E-state index in [9.17, 15) is 28.4 Å². The third-order valence-electron chi connectivity index (χ3n) is 13.1. The van der Waals surface area contributed by atoms with Crippen LogP contribution in [0.15, 0.2) is 121 Å². The van der Waals surface area contributed by atoms with Crippen molar-refractivity contribution in [1.82, 2.24) is 0 Å². The number of rotatable bonds is 11. The molecule has 1 aliphatic heterocycles. The van der Waals surface area contributed by atoms with E-state index in [0.29, 0.717) is 5.92 Å². The van der Waals surface area contributed by atoms with E-state index in [1.54, 1.807) is 0 Å². The van der Waals surface area contributed by atoms with Crippen LogP contribution in [0.2, 0.25) is 19.6 Å². The average Bonchev–Trinajstić information content (AvgIpc) is 3.93. The van der Waals surface area contributed by atoms with Crippen molar-refractivity contribution >= 4 is 38.0 Å². The predicted octanol–water partition coefficient (Wildman–Crippen LogP) is 9.08. The van der Waals surface area contributed by atoms with Gasteiger partial charge in [-0.2, -0.15) is 0 Å². The highest BCUT2D eigenvalue weighted by molar-refractivity contribution is 6.69. The summed E-state index contributed by atoms with van der Waals surface area (Å²) in [4.78, 5) is 57.3. The lowest BCUT2D eigenvalue weighted by Gasteiger charge is -2.31. The molecule has 4 aliphatic carbocycles. The number of alkyl halides is 2. The molecule has 15 heteroatoms. The summed E-state index contributed by atoms with van der Waals surface area (Å²) >= 11 is 0. The Morgan fingerprint density at radius 3 is 1.52 bits per heavy atom. The van der Waals surface area contributed by atoms with E-state index >= 15 is 4.39 Å². The van der Waals surface area contributed by atoms with E-state index in [0.717, 1.165) is 25.3 Å². The Bertz CT molecular complexity index is 2360. The van der Waals surface area contributed by atoms with Gasteiger partial charge in [-0.05, 0) is 41.9 Å². The molecule has 1 saturated heterocycles. The normalized spacial score (nSPS) is 30.1. The molecule has 1 spiro atoms. The van der Waals surface area contributed by atoms with Crippen LogP contribution in [0.5, 0.6) is 0 Å². The lowest BCUT2D eigenvalue weighted by molar-refractivity contribution is -0.209. The Morgan fingerprint density at radius 1 is 0.642 bits per heavy atom. The van der Waals surface area contributed by atoms with Gasteiger partial charge in [0.05, 0.1) is 44.0 Å². The van der Waals surface area contributed by atoms with Gasteiger partial charge in [-0.1, -0.05) is 128 Å². The summed E-state index contributed by atoms with van der Waals surface area (Å²) in [5.41, 5.74) is -0.247. The Balaban J connectivity index is 0.000000160. The summed E-state index contributed by atoms with van der Waals surface area (Å²) in [6.07, 6.45) is -2.43. The minimum absolute atomic E-state index is 0.0163. The van der Waals surface area contributed by atoms with Crippen LogP contribution in [0.3, 0.4) is 0 Å². The first kappa shape index (κ1) is 49.3. The fraction of sp³-hybridized carbons (Fsp3) is 0.442. The first-order valence-electron chi connectivity index (χ1n) is 22.5. The zero-order valence-corrected chi connectivity index (χ0v) is 39.9. The van der Waals surface area contributed by atoms with Gasteiger partial charge in [-0.25, -0.2) is 18.4 Å². The van der Waals surface area contributed by atoms with Gasteiger partial charge in [0, 0.05) is 32.6 Å². The number of methoxy groups -OCH3 is 2. The molecule has 1 heterocycles. The number of hydrogen-bond donors (Lipinski definition) is 0. The van der Waals surface area contributed by atoms with Crippen LogP contribution in [0, 0.1) is 23.7 Å². The third-order valence-corrected chi connectivity index (χ3v) is 14.0. The molecular weight excluding hydrogens is 883 g/mol. The molecule has 12 atom stereocenters. The zero-order valence-electron chi connectivity index (χ0n) is 38.9. The largest absolute Gasteiger partial charge is 0.467 e. The summed E-state index contributed by atoms with van der Waals surface area (Å²) in [5.74, 6) is -8.27. The van der Waals surface area contributed by atoms with Crippen LogP contribution in [-0.4, -0.2) is 81.5 Å². The Hall–Kier alpha value is -5.61. The molecule has 9 rings (SSSR count). The fourth-order valence-electron chi connectivity index (χ4n) is 10.3. The number of Topliss-reactive ketones (excluding diaryl/α,β-unsaturated/α-hetero) is 1. The molecule has 67 heavy (non-hydrogen) atoms. The maximum Gasteiger partial charge on any atom is 0.344 e. The van der Waals surface area contributed by atoms with Gasteiger partial charge >= 0.3 is 23.9 Å². The lowest BCUT2D eigenvalue weighted by atomic mass is 9.91. The minimum Gasteiger partial charge on any atom is -0.467 e. The summed E-state index contributed by atoms with van der Waals surface area (Å²) in [7, 11) is 0.600. The molecule has 0 N–H and O–H groups in total. The molecule has 0 amide bonds. The molecule has 5 aliphatic rings. The molecule has 4 aromatic carbocycles. The molecule has 12 nitrogen and oxygen atoms in total. The molecule has 0 radical (unpaired) electrons. The molecule has 4 saturated carbocycles. The minimum atomic E-state index is -2.32.